The fraction of sp³-hybridized carbons (Fsp3) is 0.647. The van der Waals surface area contributed by atoms with Gasteiger partial charge in [-0.15, -0.1) is 0 Å². The molecule has 2 unspecified atom stereocenters. The molecule has 0 amide bonds. The summed E-state index contributed by atoms with van der Waals surface area (Å²) in [6.07, 6.45) is 7.38. The number of hydrogen-bond donors (Lipinski definition) is 1. The molecule has 2 N–H and O–H groups in total. The maximum atomic E-state index is 6.65. The highest BCUT2D eigenvalue weighted by Crippen LogP contribution is 2.34. The van der Waals surface area contributed by atoms with Gasteiger partial charge in [0.15, 0.2) is 0 Å². The summed E-state index contributed by atoms with van der Waals surface area (Å²) in [5.74, 6) is 1.69. The van der Waals surface area contributed by atoms with E-state index < -0.39 is 0 Å². The van der Waals surface area contributed by atoms with E-state index >= 15 is 0 Å². The maximum absolute atomic E-state index is 6.65. The van der Waals surface area contributed by atoms with E-state index in [9.17, 15) is 0 Å². The number of benzene rings is 1. The van der Waals surface area contributed by atoms with Gasteiger partial charge in [0.05, 0.1) is 0 Å². The second kappa shape index (κ2) is 5.88. The zero-order valence-corrected chi connectivity index (χ0v) is 11.9. The largest absolute Gasteiger partial charge is 0.325 e. The Labute approximate surface area is 112 Å². The van der Waals surface area contributed by atoms with E-state index in [4.69, 9.17) is 5.73 Å². The predicted molar refractivity (Wildman–Crippen MR) is 78.5 cm³/mol. The molecule has 2 atom stereocenters. The minimum Gasteiger partial charge on any atom is -0.325 e. The van der Waals surface area contributed by atoms with Crippen LogP contribution in [0.25, 0.3) is 0 Å². The zero-order chi connectivity index (χ0) is 13.0. The van der Waals surface area contributed by atoms with Crippen LogP contribution in [0.1, 0.15) is 51.5 Å². The summed E-state index contributed by atoms with van der Waals surface area (Å²) in [4.78, 5) is 0. The molecular weight excluding hydrogens is 218 g/mol. The van der Waals surface area contributed by atoms with Gasteiger partial charge in [0.1, 0.15) is 0 Å². The molecule has 0 radical (unpaired) electrons. The van der Waals surface area contributed by atoms with Crippen LogP contribution in [0.3, 0.4) is 0 Å². The first kappa shape index (κ1) is 13.6. The third-order valence-electron chi connectivity index (χ3n) is 4.60. The van der Waals surface area contributed by atoms with E-state index in [1.54, 1.807) is 0 Å². The molecule has 1 aliphatic carbocycles. The van der Waals surface area contributed by atoms with Crippen LogP contribution in [0.15, 0.2) is 30.3 Å². The van der Waals surface area contributed by atoms with E-state index in [0.717, 1.165) is 18.3 Å². The van der Waals surface area contributed by atoms with Crippen molar-refractivity contribution in [2.24, 2.45) is 17.6 Å². The van der Waals surface area contributed by atoms with Gasteiger partial charge < -0.3 is 5.73 Å². The molecule has 0 spiro atoms. The first-order valence-corrected chi connectivity index (χ1v) is 7.42. The molecule has 2 rings (SSSR count). The molecule has 1 fully saturated rings. The third kappa shape index (κ3) is 3.58. The number of hydrogen-bond acceptors (Lipinski definition) is 1. The highest BCUT2D eigenvalue weighted by molar-refractivity contribution is 5.17. The van der Waals surface area contributed by atoms with Crippen molar-refractivity contribution in [3.05, 3.63) is 35.9 Å². The maximum Gasteiger partial charge on any atom is 0.0195 e. The van der Waals surface area contributed by atoms with Crippen LogP contribution in [-0.4, -0.2) is 5.54 Å². The molecule has 0 saturated heterocycles. The summed E-state index contributed by atoms with van der Waals surface area (Å²) in [6.45, 7) is 4.71. The summed E-state index contributed by atoms with van der Waals surface area (Å²) < 4.78 is 0. The summed E-state index contributed by atoms with van der Waals surface area (Å²) in [5.41, 5.74) is 8.08. The molecule has 1 saturated carbocycles. The van der Waals surface area contributed by atoms with Gasteiger partial charge in [0, 0.05) is 5.54 Å². The van der Waals surface area contributed by atoms with Crippen molar-refractivity contribution in [2.75, 3.05) is 0 Å². The Kier molecular flexibility index (Phi) is 4.45. The number of rotatable bonds is 3. The van der Waals surface area contributed by atoms with Crippen LogP contribution >= 0.6 is 0 Å². The molecule has 1 aliphatic rings. The van der Waals surface area contributed by atoms with Gasteiger partial charge in [-0.25, -0.2) is 0 Å². The molecule has 1 aromatic carbocycles. The average Bonchev–Trinajstić information content (AvgIpc) is 2.52. The SMILES string of the molecule is CC(C)C1CCCC(N)(Cc2ccccc2)CC1. The third-order valence-corrected chi connectivity index (χ3v) is 4.60. The first-order chi connectivity index (χ1) is 8.59. The van der Waals surface area contributed by atoms with E-state index in [2.05, 4.69) is 44.2 Å². The van der Waals surface area contributed by atoms with Crippen LogP contribution < -0.4 is 5.73 Å². The first-order valence-electron chi connectivity index (χ1n) is 7.42. The van der Waals surface area contributed by atoms with Crippen molar-refractivity contribution in [3.63, 3.8) is 0 Å². The van der Waals surface area contributed by atoms with Crippen LogP contribution in [0, 0.1) is 11.8 Å². The van der Waals surface area contributed by atoms with Crippen molar-refractivity contribution in [3.8, 4) is 0 Å². The molecule has 100 valence electrons. The molecule has 18 heavy (non-hydrogen) atoms. The summed E-state index contributed by atoms with van der Waals surface area (Å²) in [7, 11) is 0. The van der Waals surface area contributed by atoms with Crippen molar-refractivity contribution < 1.29 is 0 Å². The van der Waals surface area contributed by atoms with E-state index in [1.165, 1.54) is 37.7 Å². The normalized spacial score (nSPS) is 29.2. The van der Waals surface area contributed by atoms with Crippen LogP contribution in [-0.2, 0) is 6.42 Å². The highest BCUT2D eigenvalue weighted by Gasteiger charge is 2.30. The van der Waals surface area contributed by atoms with Gasteiger partial charge in [0.2, 0.25) is 0 Å². The summed E-state index contributed by atoms with van der Waals surface area (Å²) >= 11 is 0. The molecule has 1 nitrogen and oxygen atoms in total. The fourth-order valence-corrected chi connectivity index (χ4v) is 3.30. The molecule has 0 aromatic heterocycles. The zero-order valence-electron chi connectivity index (χ0n) is 11.9. The van der Waals surface area contributed by atoms with Gasteiger partial charge in [-0.05, 0) is 43.1 Å². The number of nitrogens with two attached hydrogens (primary N) is 1. The fourth-order valence-electron chi connectivity index (χ4n) is 3.30. The molecule has 1 aromatic rings. The van der Waals surface area contributed by atoms with E-state index in [-0.39, 0.29) is 5.54 Å². The van der Waals surface area contributed by atoms with E-state index in [0.29, 0.717) is 0 Å². The monoisotopic (exact) mass is 245 g/mol. The van der Waals surface area contributed by atoms with Crippen LogP contribution in [0.5, 0.6) is 0 Å². The lowest BCUT2D eigenvalue weighted by atomic mass is 9.83. The van der Waals surface area contributed by atoms with Gasteiger partial charge in [-0.1, -0.05) is 57.0 Å². The van der Waals surface area contributed by atoms with Crippen molar-refractivity contribution >= 4 is 0 Å². The second-order valence-electron chi connectivity index (χ2n) is 6.46. The van der Waals surface area contributed by atoms with Crippen LogP contribution in [0.2, 0.25) is 0 Å². The lowest BCUT2D eigenvalue weighted by Crippen LogP contribution is -2.41. The topological polar surface area (TPSA) is 26.0 Å². The summed E-state index contributed by atoms with van der Waals surface area (Å²) in [5, 5.41) is 0. The second-order valence-corrected chi connectivity index (χ2v) is 6.46. The van der Waals surface area contributed by atoms with Gasteiger partial charge >= 0.3 is 0 Å². The Morgan fingerprint density at radius 2 is 1.89 bits per heavy atom. The lowest BCUT2D eigenvalue weighted by Gasteiger charge is -2.28. The van der Waals surface area contributed by atoms with Gasteiger partial charge in [-0.3, -0.25) is 0 Å². The predicted octanol–water partition coefficient (Wildman–Crippen LogP) is 4.16. The standard InChI is InChI=1S/C17H27N/c1-14(2)16-9-6-11-17(18,12-10-16)13-15-7-4-3-5-8-15/h3-5,7-8,14,16H,6,9-13,18H2,1-2H3. The molecule has 1 heteroatoms. The van der Waals surface area contributed by atoms with Crippen LogP contribution in [0.4, 0.5) is 0 Å². The Morgan fingerprint density at radius 1 is 1.17 bits per heavy atom. The Bertz CT molecular complexity index is 357. The Balaban J connectivity index is 1.99. The summed E-state index contributed by atoms with van der Waals surface area (Å²) in [6, 6.07) is 10.7. The lowest BCUT2D eigenvalue weighted by molar-refractivity contribution is 0.322. The molecule has 0 heterocycles. The van der Waals surface area contributed by atoms with Crippen molar-refractivity contribution in [2.45, 2.75) is 57.9 Å². The quantitative estimate of drug-likeness (QED) is 0.795. The molecule has 0 bridgehead atoms. The molecular formula is C17H27N. The molecule has 0 aliphatic heterocycles. The van der Waals surface area contributed by atoms with E-state index in [1.807, 2.05) is 0 Å². The van der Waals surface area contributed by atoms with Gasteiger partial charge in [-0.2, -0.15) is 0 Å². The average molecular weight is 245 g/mol. The smallest absolute Gasteiger partial charge is 0.0195 e. The van der Waals surface area contributed by atoms with Crippen molar-refractivity contribution in [1.29, 1.82) is 0 Å². The van der Waals surface area contributed by atoms with Crippen molar-refractivity contribution in [1.82, 2.24) is 0 Å². The van der Waals surface area contributed by atoms with Gasteiger partial charge in [0.25, 0.3) is 0 Å². The Hall–Kier alpha value is -0.820. The minimum atomic E-state index is 0.0327. The minimum absolute atomic E-state index is 0.0327. The Morgan fingerprint density at radius 3 is 2.56 bits per heavy atom. The highest BCUT2D eigenvalue weighted by atomic mass is 14.7.